The summed E-state index contributed by atoms with van der Waals surface area (Å²) in [5, 5.41) is 0.468. The molecule has 0 saturated heterocycles. The van der Waals surface area contributed by atoms with E-state index in [-0.39, 0.29) is 17.9 Å². The van der Waals surface area contributed by atoms with Gasteiger partial charge in [-0.2, -0.15) is 4.68 Å². The third-order valence-corrected chi connectivity index (χ3v) is 4.02. The lowest BCUT2D eigenvalue weighted by atomic mass is 10.1. The van der Waals surface area contributed by atoms with Gasteiger partial charge in [0.15, 0.2) is 0 Å². The Balaban J connectivity index is 2.00. The van der Waals surface area contributed by atoms with Gasteiger partial charge < -0.3 is 4.90 Å². The van der Waals surface area contributed by atoms with Crippen LogP contribution >= 0.6 is 0 Å². The molecule has 0 aliphatic heterocycles. The molecule has 0 aliphatic carbocycles. The number of hydrogen-bond donors (Lipinski definition) is 1. The summed E-state index contributed by atoms with van der Waals surface area (Å²) in [6.45, 7) is 2.61. The molecule has 6 heteroatoms. The van der Waals surface area contributed by atoms with Crippen molar-refractivity contribution in [2.75, 3.05) is 23.9 Å². The molecule has 3 aromatic rings. The number of amides is 1. The minimum Gasteiger partial charge on any atom is -0.344 e. The van der Waals surface area contributed by atoms with Gasteiger partial charge in [0.05, 0.1) is 17.3 Å². The molecule has 3 rings (SSSR count). The molecule has 0 bridgehead atoms. The van der Waals surface area contributed by atoms with Crippen LogP contribution in [0.1, 0.15) is 12.5 Å². The fourth-order valence-electron chi connectivity index (χ4n) is 2.56. The molecule has 0 aliphatic rings. The maximum Gasteiger partial charge on any atom is 0.281 e. The highest BCUT2D eigenvalue weighted by Gasteiger charge is 2.15. The number of carbonyl (C=O) groups is 1. The van der Waals surface area contributed by atoms with E-state index < -0.39 is 0 Å². The zero-order valence-corrected chi connectivity index (χ0v) is 14.3. The molecule has 1 N–H and O–H groups in total. The maximum atomic E-state index is 12.8. The highest BCUT2D eigenvalue weighted by molar-refractivity contribution is 5.87. The molecule has 25 heavy (non-hydrogen) atoms. The molecule has 1 amide bonds. The zero-order chi connectivity index (χ0) is 17.8. The summed E-state index contributed by atoms with van der Waals surface area (Å²) in [6.07, 6.45) is 0.190. The van der Waals surface area contributed by atoms with Gasteiger partial charge in [-0.25, -0.2) is 4.98 Å². The molecule has 1 heterocycles. The summed E-state index contributed by atoms with van der Waals surface area (Å²) in [4.78, 5) is 31.6. The summed E-state index contributed by atoms with van der Waals surface area (Å²) in [5.41, 5.74) is 3.90. The van der Waals surface area contributed by atoms with Crippen molar-refractivity contribution in [2.24, 2.45) is 0 Å². The van der Waals surface area contributed by atoms with Gasteiger partial charge in [0.1, 0.15) is 0 Å². The summed E-state index contributed by atoms with van der Waals surface area (Å²) in [6, 6.07) is 16.5. The molecular weight excluding hydrogens is 316 g/mol. The van der Waals surface area contributed by atoms with E-state index in [4.69, 9.17) is 0 Å². The van der Waals surface area contributed by atoms with E-state index >= 15 is 0 Å². The van der Waals surface area contributed by atoms with Gasteiger partial charge in [-0.05, 0) is 24.6 Å². The molecule has 0 unspecified atom stereocenters. The van der Waals surface area contributed by atoms with E-state index in [0.29, 0.717) is 23.4 Å². The van der Waals surface area contributed by atoms with E-state index in [0.717, 1.165) is 5.56 Å². The average Bonchev–Trinajstić information content (AvgIpc) is 2.64. The minimum atomic E-state index is -0.290. The van der Waals surface area contributed by atoms with Crippen molar-refractivity contribution in [1.82, 2.24) is 9.66 Å². The van der Waals surface area contributed by atoms with E-state index in [2.05, 4.69) is 10.4 Å². The van der Waals surface area contributed by atoms with E-state index in [1.807, 2.05) is 55.3 Å². The first-order valence-corrected chi connectivity index (χ1v) is 8.17. The molecule has 1 aromatic heterocycles. The largest absolute Gasteiger partial charge is 0.344 e. The Morgan fingerprint density at radius 1 is 1.12 bits per heavy atom. The van der Waals surface area contributed by atoms with Crippen LogP contribution in [0.4, 0.5) is 5.95 Å². The van der Waals surface area contributed by atoms with Crippen molar-refractivity contribution < 1.29 is 4.79 Å². The molecule has 0 saturated carbocycles. The molecule has 0 atom stereocenters. The van der Waals surface area contributed by atoms with Crippen LogP contribution in [-0.2, 0) is 11.2 Å². The standard InChI is InChI=1S/C19H20N4O2/c1-3-22(2)19-20-16-12-8-7-11-15(16)18(25)23(19)21-17(24)13-14-9-5-4-6-10-14/h4-12H,3,13H2,1-2H3,(H,21,24). The van der Waals surface area contributed by atoms with Crippen LogP contribution in [0.5, 0.6) is 0 Å². The van der Waals surface area contributed by atoms with Gasteiger partial charge in [-0.15, -0.1) is 0 Å². The lowest BCUT2D eigenvalue weighted by Crippen LogP contribution is -2.39. The fourth-order valence-corrected chi connectivity index (χ4v) is 2.56. The van der Waals surface area contributed by atoms with Crippen molar-refractivity contribution in [1.29, 1.82) is 0 Å². The lowest BCUT2D eigenvalue weighted by molar-refractivity contribution is -0.116. The van der Waals surface area contributed by atoms with Crippen molar-refractivity contribution in [3.05, 3.63) is 70.5 Å². The summed E-state index contributed by atoms with van der Waals surface area (Å²) >= 11 is 0. The first kappa shape index (κ1) is 16.7. The van der Waals surface area contributed by atoms with Gasteiger partial charge >= 0.3 is 0 Å². The predicted molar refractivity (Wildman–Crippen MR) is 99.5 cm³/mol. The van der Waals surface area contributed by atoms with Gasteiger partial charge in [0, 0.05) is 13.6 Å². The number of aromatic nitrogens is 2. The van der Waals surface area contributed by atoms with Crippen LogP contribution in [0.2, 0.25) is 0 Å². The highest BCUT2D eigenvalue weighted by atomic mass is 16.2. The number of carbonyl (C=O) groups excluding carboxylic acids is 1. The highest BCUT2D eigenvalue weighted by Crippen LogP contribution is 2.13. The van der Waals surface area contributed by atoms with Gasteiger partial charge in [0.25, 0.3) is 5.56 Å². The van der Waals surface area contributed by atoms with Crippen molar-refractivity contribution >= 4 is 22.8 Å². The van der Waals surface area contributed by atoms with Gasteiger partial charge in [-0.1, -0.05) is 42.5 Å². The van der Waals surface area contributed by atoms with Crippen molar-refractivity contribution in [3.63, 3.8) is 0 Å². The second kappa shape index (κ2) is 7.17. The van der Waals surface area contributed by atoms with Crippen LogP contribution in [0.3, 0.4) is 0 Å². The normalized spacial score (nSPS) is 10.6. The maximum absolute atomic E-state index is 12.8. The summed E-state index contributed by atoms with van der Waals surface area (Å²) in [5.74, 6) is 0.142. The smallest absolute Gasteiger partial charge is 0.281 e. The van der Waals surface area contributed by atoms with Crippen LogP contribution in [0.15, 0.2) is 59.4 Å². The average molecular weight is 336 g/mol. The number of anilines is 1. The Hall–Kier alpha value is -3.15. The van der Waals surface area contributed by atoms with Crippen LogP contribution in [0, 0.1) is 0 Å². The topological polar surface area (TPSA) is 67.2 Å². The van der Waals surface area contributed by atoms with E-state index in [1.165, 1.54) is 4.68 Å². The molecule has 2 aromatic carbocycles. The summed E-state index contributed by atoms with van der Waals surface area (Å²) in [7, 11) is 1.83. The Bertz CT molecular complexity index is 951. The van der Waals surface area contributed by atoms with Crippen molar-refractivity contribution in [3.8, 4) is 0 Å². The Morgan fingerprint density at radius 2 is 1.80 bits per heavy atom. The number of benzene rings is 2. The SMILES string of the molecule is CCN(C)c1nc2ccccc2c(=O)n1NC(=O)Cc1ccccc1. The second-order valence-corrected chi connectivity index (χ2v) is 5.78. The van der Waals surface area contributed by atoms with Crippen LogP contribution in [0.25, 0.3) is 10.9 Å². The third-order valence-electron chi connectivity index (χ3n) is 4.02. The summed E-state index contributed by atoms with van der Waals surface area (Å²) < 4.78 is 1.23. The van der Waals surface area contributed by atoms with Gasteiger partial charge in [0.2, 0.25) is 11.9 Å². The third kappa shape index (κ3) is 3.52. The fraction of sp³-hybridized carbons (Fsp3) is 0.211. The molecule has 0 spiro atoms. The Morgan fingerprint density at radius 3 is 2.52 bits per heavy atom. The number of nitrogens with zero attached hydrogens (tertiary/aromatic N) is 3. The first-order valence-electron chi connectivity index (χ1n) is 8.17. The second-order valence-electron chi connectivity index (χ2n) is 5.78. The number of hydrogen-bond acceptors (Lipinski definition) is 4. The zero-order valence-electron chi connectivity index (χ0n) is 14.3. The van der Waals surface area contributed by atoms with Gasteiger partial charge in [-0.3, -0.25) is 15.0 Å². The lowest BCUT2D eigenvalue weighted by Gasteiger charge is -2.21. The van der Waals surface area contributed by atoms with E-state index in [9.17, 15) is 9.59 Å². The van der Waals surface area contributed by atoms with Crippen LogP contribution < -0.4 is 15.9 Å². The van der Waals surface area contributed by atoms with Crippen molar-refractivity contribution in [2.45, 2.75) is 13.3 Å². The molecule has 128 valence electrons. The first-order chi connectivity index (χ1) is 12.1. The van der Waals surface area contributed by atoms with Crippen LogP contribution in [-0.4, -0.2) is 29.2 Å². The number of rotatable bonds is 5. The molecule has 0 fully saturated rings. The quantitative estimate of drug-likeness (QED) is 0.775. The number of nitrogens with one attached hydrogen (secondary N) is 1. The van der Waals surface area contributed by atoms with E-state index in [1.54, 1.807) is 18.2 Å². The molecule has 0 radical (unpaired) electrons. The number of fused-ring (bicyclic) bond motifs is 1. The minimum absolute atomic E-state index is 0.190. The monoisotopic (exact) mass is 336 g/mol. The predicted octanol–water partition coefficient (Wildman–Crippen LogP) is 2.17. The molecule has 6 nitrogen and oxygen atoms in total. The molecular formula is C19H20N4O2. The Labute approximate surface area is 145 Å². The Kier molecular flexibility index (Phi) is 4.79. The number of para-hydroxylation sites is 1.